The first-order chi connectivity index (χ1) is 13.3. The van der Waals surface area contributed by atoms with Crippen LogP contribution in [0.15, 0.2) is 30.9 Å². The molecule has 28 heavy (non-hydrogen) atoms. The lowest BCUT2D eigenvalue weighted by atomic mass is 9.66. The van der Waals surface area contributed by atoms with Gasteiger partial charge in [-0.15, -0.1) is 6.58 Å². The number of nitro groups is 1. The van der Waals surface area contributed by atoms with Crippen molar-refractivity contribution in [3.8, 4) is 0 Å². The molecule has 0 bridgehead atoms. The van der Waals surface area contributed by atoms with Crippen LogP contribution < -0.4 is 15.5 Å². The summed E-state index contributed by atoms with van der Waals surface area (Å²) < 4.78 is 5.92. The summed E-state index contributed by atoms with van der Waals surface area (Å²) in [5, 5.41) is 15.6. The number of carbonyl (C=O) groups is 3. The molecule has 0 unspecified atom stereocenters. The van der Waals surface area contributed by atoms with Gasteiger partial charge in [0, 0.05) is 30.8 Å². The van der Waals surface area contributed by atoms with E-state index in [-0.39, 0.29) is 18.2 Å². The molecule has 146 valence electrons. The second kappa shape index (κ2) is 6.13. The average Bonchev–Trinajstić information content (AvgIpc) is 2.64. The maximum atomic E-state index is 12.9. The second-order valence-electron chi connectivity index (χ2n) is 7.17. The van der Waals surface area contributed by atoms with Crippen LogP contribution in [-0.4, -0.2) is 47.6 Å². The van der Waals surface area contributed by atoms with E-state index in [2.05, 4.69) is 17.2 Å². The number of fused-ring (bicyclic) bond motifs is 4. The van der Waals surface area contributed by atoms with Gasteiger partial charge in [-0.3, -0.25) is 30.3 Å². The predicted molar refractivity (Wildman–Crippen MR) is 96.6 cm³/mol. The summed E-state index contributed by atoms with van der Waals surface area (Å²) >= 11 is 0. The summed E-state index contributed by atoms with van der Waals surface area (Å²) in [7, 11) is 0. The molecule has 10 nitrogen and oxygen atoms in total. The fourth-order valence-corrected chi connectivity index (χ4v) is 4.50. The molecule has 0 saturated carbocycles. The third-order valence-electron chi connectivity index (χ3n) is 5.63. The molecule has 1 spiro atoms. The maximum absolute atomic E-state index is 12.9. The lowest BCUT2D eigenvalue weighted by Crippen LogP contribution is -2.75. The highest BCUT2D eigenvalue weighted by atomic mass is 16.6. The number of benzene rings is 1. The molecule has 2 N–H and O–H groups in total. The van der Waals surface area contributed by atoms with Crippen molar-refractivity contribution in [2.75, 3.05) is 11.4 Å². The van der Waals surface area contributed by atoms with E-state index in [0.717, 1.165) is 0 Å². The lowest BCUT2D eigenvalue weighted by Gasteiger charge is -2.55. The minimum atomic E-state index is -1.65. The van der Waals surface area contributed by atoms with Crippen molar-refractivity contribution in [1.29, 1.82) is 0 Å². The summed E-state index contributed by atoms with van der Waals surface area (Å²) in [6.45, 7) is 5.82. The number of imide groups is 2. The number of rotatable bonds is 2. The van der Waals surface area contributed by atoms with Crippen molar-refractivity contribution in [1.82, 2.24) is 10.6 Å². The van der Waals surface area contributed by atoms with Crippen molar-refractivity contribution in [3.63, 3.8) is 0 Å². The Hall–Kier alpha value is -3.27. The van der Waals surface area contributed by atoms with E-state index in [9.17, 15) is 24.5 Å². The summed E-state index contributed by atoms with van der Waals surface area (Å²) in [4.78, 5) is 50.1. The van der Waals surface area contributed by atoms with E-state index >= 15 is 0 Å². The van der Waals surface area contributed by atoms with Gasteiger partial charge in [0.05, 0.1) is 23.2 Å². The Balaban J connectivity index is 1.91. The van der Waals surface area contributed by atoms with Crippen molar-refractivity contribution in [2.45, 2.75) is 31.6 Å². The molecule has 1 aromatic carbocycles. The topological polar surface area (TPSA) is 131 Å². The van der Waals surface area contributed by atoms with Crippen molar-refractivity contribution in [2.24, 2.45) is 5.41 Å². The minimum absolute atomic E-state index is 0.0808. The number of morpholine rings is 1. The van der Waals surface area contributed by atoms with Gasteiger partial charge in [0.2, 0.25) is 11.8 Å². The molecule has 0 radical (unpaired) electrons. The smallest absolute Gasteiger partial charge is 0.328 e. The highest BCUT2D eigenvalue weighted by molar-refractivity contribution is 6.20. The number of amides is 4. The van der Waals surface area contributed by atoms with Crippen molar-refractivity contribution in [3.05, 3.63) is 46.5 Å². The highest BCUT2D eigenvalue weighted by Gasteiger charge is 2.62. The summed E-state index contributed by atoms with van der Waals surface area (Å²) in [6.07, 6.45) is 0.664. The largest absolute Gasteiger partial charge is 0.367 e. The number of urea groups is 1. The normalized spacial score (nSPS) is 28.1. The number of carbonyl (C=O) groups excluding carboxylic acids is 3. The predicted octanol–water partition coefficient (Wildman–Crippen LogP) is 0.652. The number of anilines is 1. The molecule has 2 fully saturated rings. The fraction of sp³-hybridized carbons (Fsp3) is 0.389. The Morgan fingerprint density at radius 1 is 1.32 bits per heavy atom. The molecule has 0 aliphatic carbocycles. The summed E-state index contributed by atoms with van der Waals surface area (Å²) in [5.74, 6) is -1.47. The SMILES string of the molecule is C=C[C@@H]1CN2c3ccc([N+](=O)[O-])cc3CC3(C(=O)NC(=O)NC3=O)[C@H]2[C@H](C)O1. The van der Waals surface area contributed by atoms with Crippen molar-refractivity contribution >= 4 is 29.2 Å². The Kier molecular flexibility index (Phi) is 3.96. The second-order valence-corrected chi connectivity index (χ2v) is 7.17. The number of nitrogens with zero attached hydrogens (tertiary/aromatic N) is 2. The first-order valence-electron chi connectivity index (χ1n) is 8.76. The maximum Gasteiger partial charge on any atom is 0.328 e. The van der Waals surface area contributed by atoms with Gasteiger partial charge in [0.15, 0.2) is 5.41 Å². The van der Waals surface area contributed by atoms with Gasteiger partial charge in [0.1, 0.15) is 0 Å². The first-order valence-corrected chi connectivity index (χ1v) is 8.76. The molecular weight excluding hydrogens is 368 g/mol. The number of barbiturate groups is 1. The summed E-state index contributed by atoms with van der Waals surface area (Å²) in [6, 6.07) is 2.81. The number of nitro benzene ring substituents is 1. The van der Waals surface area contributed by atoms with Gasteiger partial charge in [-0.2, -0.15) is 0 Å². The third kappa shape index (κ3) is 2.41. The average molecular weight is 386 g/mol. The molecule has 4 amide bonds. The van der Waals surface area contributed by atoms with Gasteiger partial charge in [-0.1, -0.05) is 6.08 Å². The zero-order valence-electron chi connectivity index (χ0n) is 15.0. The van der Waals surface area contributed by atoms with Crippen LogP contribution in [0.25, 0.3) is 0 Å². The van der Waals surface area contributed by atoms with Crippen LogP contribution in [0.2, 0.25) is 0 Å². The molecule has 3 aliphatic rings. The zero-order valence-corrected chi connectivity index (χ0v) is 15.0. The van der Waals surface area contributed by atoms with Crippen LogP contribution in [0.4, 0.5) is 16.2 Å². The van der Waals surface area contributed by atoms with Crippen LogP contribution in [-0.2, 0) is 20.7 Å². The number of non-ortho nitro benzene ring substituents is 1. The van der Waals surface area contributed by atoms with E-state index < -0.39 is 40.3 Å². The molecule has 3 aliphatic heterocycles. The molecule has 3 atom stereocenters. The highest BCUT2D eigenvalue weighted by Crippen LogP contribution is 2.47. The van der Waals surface area contributed by atoms with Gasteiger partial charge < -0.3 is 9.64 Å². The van der Waals surface area contributed by atoms with Crippen LogP contribution >= 0.6 is 0 Å². The number of ether oxygens (including phenoxy) is 1. The summed E-state index contributed by atoms with van der Waals surface area (Å²) in [5.41, 5.74) is -0.605. The van der Waals surface area contributed by atoms with Gasteiger partial charge >= 0.3 is 6.03 Å². The van der Waals surface area contributed by atoms with Gasteiger partial charge in [-0.25, -0.2) is 4.79 Å². The van der Waals surface area contributed by atoms with Crippen LogP contribution in [0.5, 0.6) is 0 Å². The van der Waals surface area contributed by atoms with Gasteiger partial charge in [0.25, 0.3) is 5.69 Å². The number of hydrogen-bond acceptors (Lipinski definition) is 7. The monoisotopic (exact) mass is 386 g/mol. The Morgan fingerprint density at radius 3 is 2.61 bits per heavy atom. The molecule has 1 aromatic rings. The lowest BCUT2D eigenvalue weighted by molar-refractivity contribution is -0.384. The molecular formula is C18H18N4O6. The third-order valence-corrected chi connectivity index (χ3v) is 5.63. The van der Waals surface area contributed by atoms with E-state index in [0.29, 0.717) is 17.8 Å². The Bertz CT molecular complexity index is 909. The van der Waals surface area contributed by atoms with E-state index in [1.807, 2.05) is 4.90 Å². The van der Waals surface area contributed by atoms with Gasteiger partial charge in [-0.05, 0) is 18.6 Å². The van der Waals surface area contributed by atoms with Crippen molar-refractivity contribution < 1.29 is 24.0 Å². The Morgan fingerprint density at radius 2 is 2.00 bits per heavy atom. The minimum Gasteiger partial charge on any atom is -0.367 e. The zero-order chi connectivity index (χ0) is 20.2. The number of nitrogens with one attached hydrogen (secondary N) is 2. The quantitative estimate of drug-likeness (QED) is 0.330. The van der Waals surface area contributed by atoms with E-state index in [4.69, 9.17) is 4.74 Å². The van der Waals surface area contributed by atoms with Crippen LogP contribution in [0, 0.1) is 15.5 Å². The molecule has 10 heteroatoms. The van der Waals surface area contributed by atoms with E-state index in [1.54, 1.807) is 19.1 Å². The molecule has 3 heterocycles. The van der Waals surface area contributed by atoms with E-state index in [1.165, 1.54) is 12.1 Å². The number of hydrogen-bond donors (Lipinski definition) is 2. The molecule has 2 saturated heterocycles. The first kappa shape index (κ1) is 18.1. The molecule has 4 rings (SSSR count). The Labute approximate surface area is 159 Å². The van der Waals surface area contributed by atoms with Crippen LogP contribution in [0.3, 0.4) is 0 Å². The van der Waals surface area contributed by atoms with Crippen LogP contribution in [0.1, 0.15) is 12.5 Å². The molecule has 0 aromatic heterocycles. The standard InChI is InChI=1S/C18H18N4O6/c1-3-12-8-21-13-5-4-11(22(26)27)6-10(13)7-18(14(21)9(2)28-12)15(23)19-17(25)20-16(18)24/h3-6,9,12,14H,1,7-8H2,2H3,(H2,19,20,23,24,25)/t9-,12+,14+/m0/s1. The fourth-order valence-electron chi connectivity index (χ4n) is 4.50.